The second kappa shape index (κ2) is 7.69. The van der Waals surface area contributed by atoms with Crippen molar-refractivity contribution in [2.24, 2.45) is 23.2 Å². The van der Waals surface area contributed by atoms with Crippen LogP contribution in [0.25, 0.3) is 0 Å². The molecule has 0 unspecified atom stereocenters. The first-order chi connectivity index (χ1) is 11.0. The van der Waals surface area contributed by atoms with Gasteiger partial charge in [0.2, 0.25) is 0 Å². The lowest BCUT2D eigenvalue weighted by molar-refractivity contribution is -0.164. The van der Waals surface area contributed by atoms with E-state index in [2.05, 4.69) is 39.1 Å². The van der Waals surface area contributed by atoms with Crippen molar-refractivity contribution < 1.29 is 14.3 Å². The van der Waals surface area contributed by atoms with E-state index >= 15 is 0 Å². The van der Waals surface area contributed by atoms with E-state index < -0.39 is 0 Å². The molecule has 0 radical (unpaired) electrons. The number of hydrogen-bond acceptors (Lipinski definition) is 3. The van der Waals surface area contributed by atoms with Gasteiger partial charge in [-0.3, -0.25) is 0 Å². The molecule has 0 aromatic heterocycles. The van der Waals surface area contributed by atoms with Crippen LogP contribution in [0.5, 0.6) is 0 Å². The van der Waals surface area contributed by atoms with Crippen LogP contribution >= 0.6 is 0 Å². The molecule has 0 aromatic carbocycles. The van der Waals surface area contributed by atoms with Gasteiger partial charge in [-0.2, -0.15) is 0 Å². The van der Waals surface area contributed by atoms with E-state index in [1.807, 2.05) is 6.92 Å². The third kappa shape index (κ3) is 3.57. The van der Waals surface area contributed by atoms with E-state index in [-0.39, 0.29) is 11.5 Å². The summed E-state index contributed by atoms with van der Waals surface area (Å²) in [5.74, 6) is 1.27. The van der Waals surface area contributed by atoms with Crippen molar-refractivity contribution in [3.63, 3.8) is 0 Å². The lowest BCUT2D eigenvalue weighted by Crippen LogP contribution is -2.57. The molecule has 1 aliphatic carbocycles. The Hall–Kier alpha value is -1.03. The minimum Gasteiger partial charge on any atom is -0.449 e. The molecule has 1 saturated heterocycles. The Morgan fingerprint density at radius 2 is 2.13 bits per heavy atom. The van der Waals surface area contributed by atoms with Crippen molar-refractivity contribution >= 4 is 6.09 Å². The molecule has 1 heterocycles. The number of alkyl carbamates (subject to hydrolysis) is 1. The SMILES string of the molecule is CCCNC(=O)OC[C@]12CO[C@@H](CCC)[C@H](C(C)=C[C@H]1C)[C@H]2C. The Morgan fingerprint density at radius 1 is 1.39 bits per heavy atom. The van der Waals surface area contributed by atoms with Crippen LogP contribution in [0.4, 0.5) is 4.79 Å². The summed E-state index contributed by atoms with van der Waals surface area (Å²) in [5, 5.41) is 2.79. The second-order valence-corrected chi connectivity index (χ2v) is 7.39. The minimum atomic E-state index is -0.306. The molecular weight excluding hydrogens is 290 g/mol. The normalized spacial score (nSPS) is 36.3. The van der Waals surface area contributed by atoms with Crippen LogP contribution in [0.3, 0.4) is 0 Å². The Bertz CT molecular complexity index is 448. The summed E-state index contributed by atoms with van der Waals surface area (Å²) >= 11 is 0. The zero-order chi connectivity index (χ0) is 17.0. The van der Waals surface area contributed by atoms with Crippen LogP contribution in [0.15, 0.2) is 11.6 Å². The molecule has 132 valence electrons. The van der Waals surface area contributed by atoms with Crippen LogP contribution in [0.1, 0.15) is 53.9 Å². The second-order valence-electron chi connectivity index (χ2n) is 7.39. The number of allylic oxidation sites excluding steroid dienone is 1. The van der Waals surface area contributed by atoms with Gasteiger partial charge in [0.1, 0.15) is 6.61 Å². The number of hydrogen-bond donors (Lipinski definition) is 1. The molecule has 4 heteroatoms. The number of carbonyl (C=O) groups excluding carboxylic acids is 1. The number of rotatable bonds is 6. The summed E-state index contributed by atoms with van der Waals surface area (Å²) in [4.78, 5) is 11.9. The molecule has 1 aliphatic heterocycles. The summed E-state index contributed by atoms with van der Waals surface area (Å²) in [6.07, 6.45) is 5.53. The highest BCUT2D eigenvalue weighted by molar-refractivity contribution is 5.67. The maximum absolute atomic E-state index is 11.9. The third-order valence-electron chi connectivity index (χ3n) is 5.92. The molecule has 2 bridgehead atoms. The predicted octanol–water partition coefficient (Wildman–Crippen LogP) is 4.16. The average Bonchev–Trinajstić information content (AvgIpc) is 2.51. The number of nitrogens with one attached hydrogen (secondary N) is 1. The fourth-order valence-electron chi connectivity index (χ4n) is 4.41. The smallest absolute Gasteiger partial charge is 0.407 e. The van der Waals surface area contributed by atoms with E-state index in [0.29, 0.717) is 43.6 Å². The zero-order valence-electron chi connectivity index (χ0n) is 15.4. The van der Waals surface area contributed by atoms with Gasteiger partial charge in [0, 0.05) is 17.9 Å². The Labute approximate surface area is 141 Å². The monoisotopic (exact) mass is 323 g/mol. The predicted molar refractivity (Wildman–Crippen MR) is 92.3 cm³/mol. The van der Waals surface area contributed by atoms with Gasteiger partial charge in [-0.25, -0.2) is 4.79 Å². The van der Waals surface area contributed by atoms with Crippen LogP contribution in [-0.2, 0) is 9.47 Å². The quantitative estimate of drug-likeness (QED) is 0.747. The molecule has 0 aromatic rings. The first kappa shape index (κ1) is 18.3. The van der Waals surface area contributed by atoms with E-state index in [4.69, 9.17) is 9.47 Å². The van der Waals surface area contributed by atoms with E-state index in [1.165, 1.54) is 5.57 Å². The highest BCUT2D eigenvalue weighted by Crippen LogP contribution is 2.53. The molecule has 1 N–H and O–H groups in total. The molecule has 0 saturated carbocycles. The largest absolute Gasteiger partial charge is 0.449 e. The summed E-state index contributed by atoms with van der Waals surface area (Å²) in [7, 11) is 0. The summed E-state index contributed by atoms with van der Waals surface area (Å²) in [5.41, 5.74) is 1.34. The fourth-order valence-corrected chi connectivity index (χ4v) is 4.41. The topological polar surface area (TPSA) is 47.6 Å². The maximum atomic E-state index is 11.9. The molecule has 0 spiro atoms. The summed E-state index contributed by atoms with van der Waals surface area (Å²) in [6.45, 7) is 12.8. The molecule has 5 atom stereocenters. The molecular formula is C19H33NO3. The minimum absolute atomic E-state index is 0.0992. The summed E-state index contributed by atoms with van der Waals surface area (Å²) < 4.78 is 11.8. The third-order valence-corrected chi connectivity index (χ3v) is 5.92. The summed E-state index contributed by atoms with van der Waals surface area (Å²) in [6, 6.07) is 0. The van der Waals surface area contributed by atoms with Gasteiger partial charge in [0.15, 0.2) is 0 Å². The van der Waals surface area contributed by atoms with E-state index in [0.717, 1.165) is 19.3 Å². The first-order valence-electron chi connectivity index (χ1n) is 9.16. The van der Waals surface area contributed by atoms with Crippen LogP contribution in [0, 0.1) is 23.2 Å². The van der Waals surface area contributed by atoms with Gasteiger partial charge in [0.25, 0.3) is 0 Å². The zero-order valence-corrected chi connectivity index (χ0v) is 15.4. The molecule has 2 aliphatic rings. The number of carbonyl (C=O) groups is 1. The number of ether oxygens (including phenoxy) is 2. The standard InChI is InChI=1S/C19H33NO3/c1-6-8-16-17-13(3)10-14(4)19(11-22-16,15(17)5)12-23-18(21)20-9-7-2/h10,14-17H,6-9,11-12H2,1-5H3,(H,20,21)/t14-,15-,16+,17-,19-/m1/s1. The van der Waals surface area contributed by atoms with Gasteiger partial charge in [-0.05, 0) is 31.6 Å². The fraction of sp³-hybridized carbons (Fsp3) is 0.842. The molecule has 23 heavy (non-hydrogen) atoms. The Morgan fingerprint density at radius 3 is 2.78 bits per heavy atom. The first-order valence-corrected chi connectivity index (χ1v) is 9.16. The molecule has 2 rings (SSSR count). The van der Waals surface area contributed by atoms with Gasteiger partial charge in [0.05, 0.1) is 12.7 Å². The lowest BCUT2D eigenvalue weighted by Gasteiger charge is -2.55. The number of amides is 1. The van der Waals surface area contributed by atoms with Gasteiger partial charge in [-0.1, -0.05) is 45.8 Å². The van der Waals surface area contributed by atoms with Crippen molar-refractivity contribution in [2.75, 3.05) is 19.8 Å². The van der Waals surface area contributed by atoms with Crippen LogP contribution in [0.2, 0.25) is 0 Å². The Balaban J connectivity index is 2.12. The van der Waals surface area contributed by atoms with Crippen LogP contribution in [-0.4, -0.2) is 32.0 Å². The average molecular weight is 323 g/mol. The highest BCUT2D eigenvalue weighted by atomic mass is 16.6. The lowest BCUT2D eigenvalue weighted by atomic mass is 9.56. The highest BCUT2D eigenvalue weighted by Gasteiger charge is 2.53. The van der Waals surface area contributed by atoms with Crippen molar-refractivity contribution in [2.45, 2.75) is 60.0 Å². The number of fused-ring (bicyclic) bond motifs is 2. The van der Waals surface area contributed by atoms with E-state index in [1.54, 1.807) is 0 Å². The molecule has 1 fully saturated rings. The molecule has 4 nitrogen and oxygen atoms in total. The van der Waals surface area contributed by atoms with Crippen molar-refractivity contribution in [1.29, 1.82) is 0 Å². The molecule has 1 amide bonds. The maximum Gasteiger partial charge on any atom is 0.407 e. The Kier molecular flexibility index (Phi) is 6.12. The van der Waals surface area contributed by atoms with Gasteiger partial charge < -0.3 is 14.8 Å². The van der Waals surface area contributed by atoms with Crippen molar-refractivity contribution in [1.82, 2.24) is 5.32 Å². The van der Waals surface area contributed by atoms with Crippen LogP contribution < -0.4 is 5.32 Å². The van der Waals surface area contributed by atoms with Gasteiger partial charge >= 0.3 is 6.09 Å². The van der Waals surface area contributed by atoms with Crippen molar-refractivity contribution in [3.8, 4) is 0 Å². The van der Waals surface area contributed by atoms with E-state index in [9.17, 15) is 4.79 Å². The van der Waals surface area contributed by atoms with Crippen molar-refractivity contribution in [3.05, 3.63) is 11.6 Å². The van der Waals surface area contributed by atoms with Gasteiger partial charge in [-0.15, -0.1) is 0 Å².